The number of nitrogens with zero attached hydrogens (tertiary/aromatic N) is 7. The number of hydrogen-bond donors (Lipinski definition) is 0. The number of rotatable bonds is 11. The van der Waals surface area contributed by atoms with Crippen LogP contribution in [0.4, 0.5) is 15.9 Å². The molecule has 242 valence electrons. The van der Waals surface area contributed by atoms with Gasteiger partial charge in [0.2, 0.25) is 0 Å². The number of piperazine rings is 1. The lowest BCUT2D eigenvalue weighted by Crippen LogP contribution is -2.55. The molecule has 9 nitrogen and oxygen atoms in total. The van der Waals surface area contributed by atoms with Gasteiger partial charge in [0.15, 0.2) is 5.83 Å². The summed E-state index contributed by atoms with van der Waals surface area (Å²) in [5.74, 6) is -1.02. The topological polar surface area (TPSA) is 88.8 Å². The number of amides is 1. The summed E-state index contributed by atoms with van der Waals surface area (Å²) >= 11 is 6.71. The number of carbonyl (C=O) groups excluding carboxylic acids is 1. The molecule has 11 heteroatoms. The molecule has 0 bridgehead atoms. The van der Waals surface area contributed by atoms with E-state index in [1.807, 2.05) is 12.1 Å². The molecule has 1 saturated carbocycles. The second-order valence-electron chi connectivity index (χ2n) is 12.7. The lowest BCUT2D eigenvalue weighted by Gasteiger charge is -2.42. The Balaban J connectivity index is 1.33. The van der Waals surface area contributed by atoms with Crippen LogP contribution in [0.2, 0.25) is 5.02 Å². The molecule has 1 unspecified atom stereocenters. The number of benzene rings is 2. The van der Waals surface area contributed by atoms with Gasteiger partial charge in [-0.1, -0.05) is 56.3 Å². The summed E-state index contributed by atoms with van der Waals surface area (Å²) in [7, 11) is 0. The van der Waals surface area contributed by atoms with E-state index < -0.39 is 17.8 Å². The van der Waals surface area contributed by atoms with Crippen molar-refractivity contribution in [2.45, 2.75) is 52.1 Å². The molecule has 1 amide bonds. The standard InChI is InChI=1S/C35H41ClFN7O2/c1-4-41(5-2)22-35(14-15-35)23-46-34-39-29-21-42(30-11-7-9-25-8-6-10-28(36)31(25)30)17-13-27(29)32(40-34)43-18-19-44(33(45)24(3)37)26(20-43)12-16-38/h6-11,26H,3-5,12-15,17-23H2,1-2H3. The summed E-state index contributed by atoms with van der Waals surface area (Å²) in [6.07, 6.45) is 3.00. The third-order valence-corrected chi connectivity index (χ3v) is 10.0. The van der Waals surface area contributed by atoms with Crippen LogP contribution in [0.1, 0.15) is 44.4 Å². The first kappa shape index (κ1) is 32.0. The molecular weight excluding hydrogens is 605 g/mol. The fourth-order valence-corrected chi connectivity index (χ4v) is 7.15. The van der Waals surface area contributed by atoms with Gasteiger partial charge >= 0.3 is 6.01 Å². The Morgan fingerprint density at radius 2 is 1.91 bits per heavy atom. The first-order valence-corrected chi connectivity index (χ1v) is 16.6. The van der Waals surface area contributed by atoms with Crippen LogP contribution in [0.25, 0.3) is 10.8 Å². The van der Waals surface area contributed by atoms with Crippen molar-refractivity contribution in [1.82, 2.24) is 19.8 Å². The Morgan fingerprint density at radius 1 is 1.15 bits per heavy atom. The summed E-state index contributed by atoms with van der Waals surface area (Å²) in [6.45, 7) is 13.4. The first-order valence-electron chi connectivity index (χ1n) is 16.2. The quantitative estimate of drug-likeness (QED) is 0.243. The van der Waals surface area contributed by atoms with Crippen LogP contribution in [0.15, 0.2) is 48.8 Å². The third-order valence-electron chi connectivity index (χ3n) is 9.72. The van der Waals surface area contributed by atoms with Crippen molar-refractivity contribution in [3.8, 4) is 12.1 Å². The molecule has 1 aromatic heterocycles. The molecule has 2 aromatic carbocycles. The Labute approximate surface area is 275 Å². The molecule has 46 heavy (non-hydrogen) atoms. The van der Waals surface area contributed by atoms with Gasteiger partial charge in [0.25, 0.3) is 5.91 Å². The van der Waals surface area contributed by atoms with Crippen LogP contribution in [-0.2, 0) is 17.8 Å². The van der Waals surface area contributed by atoms with E-state index in [2.05, 4.69) is 65.5 Å². The Hall–Kier alpha value is -3.94. The molecule has 0 spiro atoms. The highest BCUT2D eigenvalue weighted by molar-refractivity contribution is 6.36. The van der Waals surface area contributed by atoms with Crippen LogP contribution < -0.4 is 14.5 Å². The minimum atomic E-state index is -1.01. The maximum Gasteiger partial charge on any atom is 0.318 e. The molecule has 1 aliphatic carbocycles. The number of ether oxygens (including phenoxy) is 1. The van der Waals surface area contributed by atoms with Crippen LogP contribution in [0.5, 0.6) is 6.01 Å². The number of fused-ring (bicyclic) bond motifs is 2. The fourth-order valence-electron chi connectivity index (χ4n) is 6.88. The maximum atomic E-state index is 13.9. The zero-order valence-electron chi connectivity index (χ0n) is 26.6. The highest BCUT2D eigenvalue weighted by atomic mass is 35.5. The normalized spacial score (nSPS) is 18.8. The van der Waals surface area contributed by atoms with Crippen molar-refractivity contribution >= 4 is 39.8 Å². The van der Waals surface area contributed by atoms with Gasteiger partial charge in [-0.05, 0) is 49.9 Å². The SMILES string of the molecule is C=C(F)C(=O)N1CCN(c2nc(OCC3(CN(CC)CC)CC3)nc3c2CCN(c2cccc4cccc(Cl)c24)C3)CC1CC#N. The summed E-state index contributed by atoms with van der Waals surface area (Å²) < 4.78 is 20.3. The largest absolute Gasteiger partial charge is 0.463 e. The number of nitriles is 1. The molecule has 3 aliphatic rings. The fraction of sp³-hybridized carbons (Fsp3) is 0.486. The highest BCUT2D eigenvalue weighted by Crippen LogP contribution is 2.46. The first-order chi connectivity index (χ1) is 22.3. The second-order valence-corrected chi connectivity index (χ2v) is 13.1. The third kappa shape index (κ3) is 6.49. The van der Waals surface area contributed by atoms with E-state index in [1.54, 1.807) is 0 Å². The van der Waals surface area contributed by atoms with E-state index in [-0.39, 0.29) is 18.4 Å². The molecule has 1 atom stereocenters. The van der Waals surface area contributed by atoms with Gasteiger partial charge in [-0.15, -0.1) is 0 Å². The molecule has 0 radical (unpaired) electrons. The number of halogens is 2. The van der Waals surface area contributed by atoms with E-state index in [0.717, 1.165) is 72.6 Å². The zero-order chi connectivity index (χ0) is 32.4. The average molecular weight is 646 g/mol. The molecule has 3 aromatic rings. The van der Waals surface area contributed by atoms with E-state index in [1.165, 1.54) is 4.90 Å². The predicted molar refractivity (Wildman–Crippen MR) is 179 cm³/mol. The summed E-state index contributed by atoms with van der Waals surface area (Å²) in [5, 5.41) is 12.4. The van der Waals surface area contributed by atoms with E-state index in [0.29, 0.717) is 43.7 Å². The van der Waals surface area contributed by atoms with E-state index in [4.69, 9.17) is 26.3 Å². The molecule has 1 saturated heterocycles. The second kappa shape index (κ2) is 13.4. The van der Waals surface area contributed by atoms with Gasteiger partial charge < -0.3 is 24.3 Å². The molecule has 0 N–H and O–H groups in total. The lowest BCUT2D eigenvalue weighted by atomic mass is 10.0. The van der Waals surface area contributed by atoms with Crippen LogP contribution >= 0.6 is 11.6 Å². The smallest absolute Gasteiger partial charge is 0.318 e. The number of hydrogen-bond acceptors (Lipinski definition) is 8. The van der Waals surface area contributed by atoms with E-state index in [9.17, 15) is 14.4 Å². The van der Waals surface area contributed by atoms with Crippen molar-refractivity contribution in [3.05, 3.63) is 65.1 Å². The van der Waals surface area contributed by atoms with Crippen molar-refractivity contribution in [1.29, 1.82) is 5.26 Å². The molecule has 3 heterocycles. The zero-order valence-corrected chi connectivity index (χ0v) is 27.4. The number of aromatic nitrogens is 2. The van der Waals surface area contributed by atoms with Crippen LogP contribution in [0.3, 0.4) is 0 Å². The molecule has 2 aliphatic heterocycles. The van der Waals surface area contributed by atoms with E-state index >= 15 is 0 Å². The Bertz CT molecular complexity index is 1660. The summed E-state index contributed by atoms with van der Waals surface area (Å²) in [4.78, 5) is 30.8. The molecular formula is C35H41ClFN7O2. The molecule has 6 rings (SSSR count). The van der Waals surface area contributed by atoms with Gasteiger partial charge in [0, 0.05) is 54.8 Å². The Kier molecular flexibility index (Phi) is 9.34. The van der Waals surface area contributed by atoms with Gasteiger partial charge in [0.1, 0.15) is 5.82 Å². The predicted octanol–water partition coefficient (Wildman–Crippen LogP) is 5.76. The van der Waals surface area contributed by atoms with Crippen LogP contribution in [-0.4, -0.2) is 84.1 Å². The van der Waals surface area contributed by atoms with Crippen molar-refractivity contribution in [2.24, 2.45) is 5.41 Å². The minimum Gasteiger partial charge on any atom is -0.463 e. The van der Waals surface area contributed by atoms with Gasteiger partial charge in [-0.3, -0.25) is 4.79 Å². The van der Waals surface area contributed by atoms with Gasteiger partial charge in [-0.2, -0.15) is 15.2 Å². The highest BCUT2D eigenvalue weighted by Gasteiger charge is 2.45. The molecule has 2 fully saturated rings. The summed E-state index contributed by atoms with van der Waals surface area (Å²) in [5.41, 5.74) is 3.08. The minimum absolute atomic E-state index is 0.0790. The Morgan fingerprint density at radius 3 is 2.61 bits per heavy atom. The average Bonchev–Trinajstić information content (AvgIpc) is 3.84. The van der Waals surface area contributed by atoms with Gasteiger partial charge in [-0.25, -0.2) is 4.39 Å². The number of anilines is 2. The van der Waals surface area contributed by atoms with Crippen molar-refractivity contribution < 1.29 is 13.9 Å². The lowest BCUT2D eigenvalue weighted by molar-refractivity contribution is -0.131. The van der Waals surface area contributed by atoms with Crippen molar-refractivity contribution in [2.75, 3.05) is 62.2 Å². The monoisotopic (exact) mass is 645 g/mol. The summed E-state index contributed by atoms with van der Waals surface area (Å²) in [6, 6.07) is 14.2. The van der Waals surface area contributed by atoms with Crippen LogP contribution in [0, 0.1) is 16.7 Å². The maximum absolute atomic E-state index is 13.9. The van der Waals surface area contributed by atoms with Crippen molar-refractivity contribution in [3.63, 3.8) is 0 Å². The number of carbonyl (C=O) groups is 1. The van der Waals surface area contributed by atoms with Gasteiger partial charge in [0.05, 0.1) is 42.4 Å².